The number of sulfonamides is 1. The average Bonchev–Trinajstić information content (AvgIpc) is 3.58. The van der Waals surface area contributed by atoms with Crippen molar-refractivity contribution in [3.63, 3.8) is 0 Å². The molecule has 2 amide bonds. The van der Waals surface area contributed by atoms with Crippen LogP contribution in [0.4, 0.5) is 5.69 Å². The number of carbonyl (C=O) groups is 2. The first-order valence-electron chi connectivity index (χ1n) is 16.6. The molecule has 0 radical (unpaired) electrons. The molecule has 1 unspecified atom stereocenters. The van der Waals surface area contributed by atoms with Gasteiger partial charge in [-0.2, -0.15) is 0 Å². The van der Waals surface area contributed by atoms with E-state index in [9.17, 15) is 18.0 Å². The number of aryl methyl sites for hydroxylation is 1. The first-order valence-corrected chi connectivity index (χ1v) is 18.1. The second kappa shape index (κ2) is 16.4. The van der Waals surface area contributed by atoms with Crippen molar-refractivity contribution in [2.24, 2.45) is 0 Å². The fourth-order valence-electron chi connectivity index (χ4n) is 5.83. The Kier molecular flexibility index (Phi) is 12.0. The highest BCUT2D eigenvalue weighted by atomic mass is 32.2. The van der Waals surface area contributed by atoms with E-state index in [1.807, 2.05) is 26.8 Å². The molecule has 49 heavy (non-hydrogen) atoms. The molecule has 2 aliphatic heterocycles. The zero-order valence-electron chi connectivity index (χ0n) is 28.5. The van der Waals surface area contributed by atoms with E-state index in [0.29, 0.717) is 60.4 Å². The molecule has 0 aliphatic carbocycles. The van der Waals surface area contributed by atoms with Crippen molar-refractivity contribution in [2.75, 3.05) is 58.2 Å². The summed E-state index contributed by atoms with van der Waals surface area (Å²) in [6.07, 6.45) is 1.53. The summed E-state index contributed by atoms with van der Waals surface area (Å²) >= 11 is 0. The SMILES string of the molecule is CCCc1cc(N(C=O)CCCN2CCOCC2)ccc1OC(C(=O)NS(=O)(=O)c1ccc(C(C)C)cc1)c1cc(OC)c2c(c1)OCO2. The van der Waals surface area contributed by atoms with Gasteiger partial charge in [-0.15, -0.1) is 0 Å². The number of nitrogens with one attached hydrogen (secondary N) is 1. The molecule has 0 saturated carbocycles. The van der Waals surface area contributed by atoms with Crippen LogP contribution in [0.5, 0.6) is 23.0 Å². The molecule has 1 N–H and O–H groups in total. The van der Waals surface area contributed by atoms with Gasteiger partial charge in [-0.1, -0.05) is 39.3 Å². The van der Waals surface area contributed by atoms with Gasteiger partial charge in [-0.05, 0) is 72.4 Å². The van der Waals surface area contributed by atoms with Crippen LogP contribution in [0.3, 0.4) is 0 Å². The molecule has 5 rings (SSSR count). The topological polar surface area (TPSA) is 133 Å². The average molecular weight is 696 g/mol. The molecule has 3 aromatic rings. The van der Waals surface area contributed by atoms with Crippen LogP contribution >= 0.6 is 0 Å². The number of benzene rings is 3. The zero-order chi connectivity index (χ0) is 35.0. The lowest BCUT2D eigenvalue weighted by atomic mass is 10.0. The molecule has 12 nitrogen and oxygen atoms in total. The maximum Gasteiger partial charge on any atom is 0.279 e. The van der Waals surface area contributed by atoms with Crippen molar-refractivity contribution in [1.82, 2.24) is 9.62 Å². The number of methoxy groups -OCH3 is 1. The van der Waals surface area contributed by atoms with Crippen LogP contribution in [0, 0.1) is 0 Å². The molecule has 2 heterocycles. The van der Waals surface area contributed by atoms with Crippen molar-refractivity contribution in [3.05, 3.63) is 71.3 Å². The Balaban J connectivity index is 1.43. The monoisotopic (exact) mass is 695 g/mol. The minimum Gasteiger partial charge on any atom is -0.493 e. The molecule has 0 spiro atoms. The molecule has 1 atom stereocenters. The summed E-state index contributed by atoms with van der Waals surface area (Å²) in [5, 5.41) is 0. The molecule has 0 aromatic heterocycles. The summed E-state index contributed by atoms with van der Waals surface area (Å²) in [6, 6.07) is 14.9. The van der Waals surface area contributed by atoms with Crippen molar-refractivity contribution in [2.45, 2.75) is 57.0 Å². The van der Waals surface area contributed by atoms with Gasteiger partial charge in [0.05, 0.1) is 25.2 Å². The van der Waals surface area contributed by atoms with Crippen LogP contribution in [-0.2, 0) is 30.8 Å². The third-order valence-electron chi connectivity index (χ3n) is 8.56. The van der Waals surface area contributed by atoms with E-state index in [0.717, 1.165) is 50.0 Å². The number of hydrogen-bond acceptors (Lipinski definition) is 10. The standard InChI is InChI=1S/C36H45N3O9S/c1-5-7-27-20-29(39(23-40)15-6-14-38-16-18-45-19-17-38)10-13-31(27)48-34(28-21-32(44-4)35-33(22-28)46-24-47-35)36(41)37-49(42,43)30-11-8-26(9-12-30)25(2)3/h8-13,20-23,25,34H,5-7,14-19,24H2,1-4H3,(H,37,41). The quantitative estimate of drug-likeness (QED) is 0.208. The molecule has 1 fully saturated rings. The Hall–Kier alpha value is -4.33. The Morgan fingerprint density at radius 3 is 2.45 bits per heavy atom. The fourth-order valence-corrected chi connectivity index (χ4v) is 6.82. The molecule has 1 saturated heterocycles. The minimum atomic E-state index is -4.26. The summed E-state index contributed by atoms with van der Waals surface area (Å²) in [5.41, 5.74) is 2.73. The first-order chi connectivity index (χ1) is 23.6. The number of amides is 2. The molecular formula is C36H45N3O9S. The van der Waals surface area contributed by atoms with Crippen LogP contribution in [0.15, 0.2) is 59.5 Å². The first kappa shape index (κ1) is 36.0. The van der Waals surface area contributed by atoms with Crippen molar-refractivity contribution >= 4 is 28.0 Å². The Morgan fingerprint density at radius 1 is 1.02 bits per heavy atom. The number of fused-ring (bicyclic) bond motifs is 1. The van der Waals surface area contributed by atoms with E-state index in [2.05, 4.69) is 9.62 Å². The van der Waals surface area contributed by atoms with Gasteiger partial charge in [0.25, 0.3) is 15.9 Å². The summed E-state index contributed by atoms with van der Waals surface area (Å²) in [7, 11) is -2.80. The molecular weight excluding hydrogens is 650 g/mol. The third kappa shape index (κ3) is 8.83. The number of carbonyl (C=O) groups excluding carboxylic acids is 2. The number of morpholine rings is 1. The number of hydrogen-bond donors (Lipinski definition) is 1. The molecule has 13 heteroatoms. The van der Waals surface area contributed by atoms with Gasteiger partial charge in [0, 0.05) is 37.4 Å². The highest BCUT2D eigenvalue weighted by Gasteiger charge is 2.32. The summed E-state index contributed by atoms with van der Waals surface area (Å²) in [4.78, 5) is 30.1. The molecule has 264 valence electrons. The van der Waals surface area contributed by atoms with E-state index in [4.69, 9.17) is 23.7 Å². The lowest BCUT2D eigenvalue weighted by Gasteiger charge is -2.27. The number of rotatable bonds is 16. The van der Waals surface area contributed by atoms with E-state index in [1.54, 1.807) is 41.3 Å². The van der Waals surface area contributed by atoms with Gasteiger partial charge in [0.1, 0.15) is 5.75 Å². The normalized spacial score (nSPS) is 15.1. The van der Waals surface area contributed by atoms with Gasteiger partial charge in [0.15, 0.2) is 11.5 Å². The van der Waals surface area contributed by atoms with Gasteiger partial charge < -0.3 is 28.6 Å². The van der Waals surface area contributed by atoms with Crippen LogP contribution in [0.1, 0.15) is 62.3 Å². The highest BCUT2D eigenvalue weighted by Crippen LogP contribution is 2.44. The third-order valence-corrected chi connectivity index (χ3v) is 9.92. The minimum absolute atomic E-state index is 0.0323. The number of anilines is 1. The number of ether oxygens (including phenoxy) is 5. The second-order valence-corrected chi connectivity index (χ2v) is 14.0. The zero-order valence-corrected chi connectivity index (χ0v) is 29.3. The molecule has 3 aromatic carbocycles. The number of nitrogens with zero attached hydrogens (tertiary/aromatic N) is 2. The van der Waals surface area contributed by atoms with E-state index >= 15 is 0 Å². The predicted octanol–water partition coefficient (Wildman–Crippen LogP) is 4.81. The largest absolute Gasteiger partial charge is 0.493 e. The van der Waals surface area contributed by atoms with Crippen molar-refractivity contribution in [1.29, 1.82) is 0 Å². The van der Waals surface area contributed by atoms with Gasteiger partial charge in [-0.3, -0.25) is 14.5 Å². The van der Waals surface area contributed by atoms with Crippen LogP contribution in [0.25, 0.3) is 0 Å². The van der Waals surface area contributed by atoms with Crippen LogP contribution < -0.4 is 28.6 Å². The summed E-state index contributed by atoms with van der Waals surface area (Å²) < 4.78 is 57.5. The van der Waals surface area contributed by atoms with Gasteiger partial charge >= 0.3 is 0 Å². The van der Waals surface area contributed by atoms with Crippen LogP contribution in [-0.4, -0.2) is 78.9 Å². The predicted molar refractivity (Wildman–Crippen MR) is 184 cm³/mol. The van der Waals surface area contributed by atoms with Crippen molar-refractivity contribution in [3.8, 4) is 23.0 Å². The Morgan fingerprint density at radius 2 is 1.78 bits per heavy atom. The van der Waals surface area contributed by atoms with Crippen LogP contribution in [0.2, 0.25) is 0 Å². The van der Waals surface area contributed by atoms with E-state index in [1.165, 1.54) is 19.2 Å². The lowest BCUT2D eigenvalue weighted by molar-refractivity contribution is -0.126. The Bertz CT molecular complexity index is 1710. The van der Waals surface area contributed by atoms with Gasteiger partial charge in [0.2, 0.25) is 25.1 Å². The van der Waals surface area contributed by atoms with E-state index in [-0.39, 0.29) is 17.6 Å². The highest BCUT2D eigenvalue weighted by molar-refractivity contribution is 7.90. The maximum atomic E-state index is 14.0. The van der Waals surface area contributed by atoms with Gasteiger partial charge in [-0.25, -0.2) is 13.1 Å². The van der Waals surface area contributed by atoms with E-state index < -0.39 is 22.0 Å². The molecule has 0 bridgehead atoms. The molecule has 2 aliphatic rings. The fraction of sp³-hybridized carbons (Fsp3) is 0.444. The Labute approximate surface area is 288 Å². The summed E-state index contributed by atoms with van der Waals surface area (Å²) in [5.74, 6) is 0.703. The second-order valence-electron chi connectivity index (χ2n) is 12.3. The smallest absolute Gasteiger partial charge is 0.279 e. The van der Waals surface area contributed by atoms with Crippen molar-refractivity contribution < 1.29 is 41.7 Å². The lowest BCUT2D eigenvalue weighted by Crippen LogP contribution is -2.38. The summed E-state index contributed by atoms with van der Waals surface area (Å²) in [6.45, 7) is 10.6. The maximum absolute atomic E-state index is 14.0.